The number of hydrogen-bond donors (Lipinski definition) is 1. The highest BCUT2D eigenvalue weighted by molar-refractivity contribution is 5.72. The van der Waals surface area contributed by atoms with Gasteiger partial charge in [0, 0.05) is 11.8 Å². The van der Waals surface area contributed by atoms with Crippen molar-refractivity contribution in [2.45, 2.75) is 6.54 Å². The van der Waals surface area contributed by atoms with Crippen molar-refractivity contribution in [1.82, 2.24) is 28.9 Å². The fraction of sp³-hybridized carbons (Fsp3) is 0.0526. The quantitative estimate of drug-likeness (QED) is 0.536. The molecular weight excluding hydrogens is 347 g/mol. The van der Waals surface area contributed by atoms with Gasteiger partial charge in [0.05, 0.1) is 18.9 Å². The zero-order valence-electron chi connectivity index (χ0n) is 14.0. The zero-order chi connectivity index (χ0) is 18.4. The van der Waals surface area contributed by atoms with Crippen molar-refractivity contribution in [3.63, 3.8) is 0 Å². The van der Waals surface area contributed by atoms with Gasteiger partial charge in [0.15, 0.2) is 11.5 Å². The summed E-state index contributed by atoms with van der Waals surface area (Å²) >= 11 is 0. The Labute approximate surface area is 151 Å². The SMILES string of the molecule is O=c1[nH]c2cnc(-c3cnc4ccccn34)nc2n1Cc1ccccc1F. The maximum Gasteiger partial charge on any atom is 0.328 e. The molecule has 0 saturated carbocycles. The molecule has 8 heteroatoms. The van der Waals surface area contributed by atoms with E-state index >= 15 is 0 Å². The number of H-pyrrole nitrogens is 1. The fourth-order valence-electron chi connectivity index (χ4n) is 3.11. The molecule has 0 radical (unpaired) electrons. The molecule has 5 rings (SSSR count). The van der Waals surface area contributed by atoms with E-state index in [4.69, 9.17) is 0 Å². The standard InChI is InChI=1S/C19H13FN6O/c20-13-6-2-1-5-12(13)11-26-18-14(23-19(26)27)9-22-17(24-18)15-10-21-16-7-3-4-8-25(15)16/h1-10H,11H2,(H,23,27). The third kappa shape index (κ3) is 2.50. The molecule has 0 aliphatic carbocycles. The number of halogens is 1. The number of imidazole rings is 2. The number of hydrogen-bond acceptors (Lipinski definition) is 4. The molecule has 27 heavy (non-hydrogen) atoms. The summed E-state index contributed by atoms with van der Waals surface area (Å²) in [4.78, 5) is 28.3. The summed E-state index contributed by atoms with van der Waals surface area (Å²) < 4.78 is 17.3. The third-order valence-corrected chi connectivity index (χ3v) is 4.44. The minimum atomic E-state index is -0.366. The monoisotopic (exact) mass is 360 g/mol. The Bertz CT molecular complexity index is 1350. The number of aromatic amines is 1. The third-order valence-electron chi connectivity index (χ3n) is 4.44. The van der Waals surface area contributed by atoms with E-state index in [1.165, 1.54) is 10.6 Å². The van der Waals surface area contributed by atoms with Crippen LogP contribution in [0.15, 0.2) is 65.8 Å². The van der Waals surface area contributed by atoms with E-state index in [0.29, 0.717) is 28.2 Å². The molecule has 0 aliphatic heterocycles. The van der Waals surface area contributed by atoms with Crippen molar-refractivity contribution in [3.05, 3.63) is 82.9 Å². The number of nitrogens with zero attached hydrogens (tertiary/aromatic N) is 5. The van der Waals surface area contributed by atoms with Crippen LogP contribution in [0.25, 0.3) is 28.3 Å². The molecule has 0 atom stereocenters. The molecule has 0 fully saturated rings. The summed E-state index contributed by atoms with van der Waals surface area (Å²) in [6.07, 6.45) is 5.11. The maximum absolute atomic E-state index is 14.0. The molecule has 7 nitrogen and oxygen atoms in total. The molecular formula is C19H13FN6O. The summed E-state index contributed by atoms with van der Waals surface area (Å²) in [5.41, 5.74) is 2.44. The average molecular weight is 360 g/mol. The van der Waals surface area contributed by atoms with Crippen molar-refractivity contribution in [3.8, 4) is 11.5 Å². The average Bonchev–Trinajstić information content (AvgIpc) is 3.24. The zero-order valence-corrected chi connectivity index (χ0v) is 14.0. The molecule has 4 aromatic heterocycles. The molecule has 5 aromatic rings. The highest BCUT2D eigenvalue weighted by Crippen LogP contribution is 2.19. The molecule has 0 spiro atoms. The number of benzene rings is 1. The maximum atomic E-state index is 14.0. The second-order valence-electron chi connectivity index (χ2n) is 6.11. The predicted molar refractivity (Wildman–Crippen MR) is 97.8 cm³/mol. The van der Waals surface area contributed by atoms with Crippen molar-refractivity contribution in [2.75, 3.05) is 0 Å². The number of aromatic nitrogens is 6. The van der Waals surface area contributed by atoms with Crippen molar-refractivity contribution >= 4 is 16.8 Å². The predicted octanol–water partition coefficient (Wildman–Crippen LogP) is 2.62. The molecule has 0 aliphatic rings. The van der Waals surface area contributed by atoms with Gasteiger partial charge in [-0.25, -0.2) is 24.1 Å². The van der Waals surface area contributed by atoms with Gasteiger partial charge >= 0.3 is 5.69 Å². The first-order valence-electron chi connectivity index (χ1n) is 8.32. The van der Waals surface area contributed by atoms with Crippen molar-refractivity contribution < 1.29 is 4.39 Å². The largest absolute Gasteiger partial charge is 0.328 e. The van der Waals surface area contributed by atoms with Crippen LogP contribution >= 0.6 is 0 Å². The van der Waals surface area contributed by atoms with E-state index in [-0.39, 0.29) is 18.1 Å². The Kier molecular flexibility index (Phi) is 3.36. The Morgan fingerprint density at radius 3 is 2.78 bits per heavy atom. The molecule has 132 valence electrons. The highest BCUT2D eigenvalue weighted by atomic mass is 19.1. The van der Waals surface area contributed by atoms with Gasteiger partial charge in [-0.05, 0) is 18.2 Å². The Morgan fingerprint density at radius 1 is 1.04 bits per heavy atom. The highest BCUT2D eigenvalue weighted by Gasteiger charge is 2.15. The van der Waals surface area contributed by atoms with Crippen LogP contribution in [0.4, 0.5) is 4.39 Å². The molecule has 0 bridgehead atoms. The number of nitrogens with one attached hydrogen (secondary N) is 1. The van der Waals surface area contributed by atoms with Crippen molar-refractivity contribution in [2.24, 2.45) is 0 Å². The second kappa shape index (κ2) is 5.87. The lowest BCUT2D eigenvalue weighted by atomic mass is 10.2. The van der Waals surface area contributed by atoms with Crippen molar-refractivity contribution in [1.29, 1.82) is 0 Å². The van der Waals surface area contributed by atoms with Gasteiger partial charge in [-0.1, -0.05) is 24.3 Å². The van der Waals surface area contributed by atoms with Crippen LogP contribution in [0.2, 0.25) is 0 Å². The lowest BCUT2D eigenvalue weighted by molar-refractivity contribution is 0.598. The summed E-state index contributed by atoms with van der Waals surface area (Å²) in [7, 11) is 0. The molecule has 1 aromatic carbocycles. The lowest BCUT2D eigenvalue weighted by Crippen LogP contribution is -2.18. The van der Waals surface area contributed by atoms with Gasteiger partial charge in [-0.2, -0.15) is 0 Å². The molecule has 0 amide bonds. The Hall–Kier alpha value is -3.81. The van der Waals surface area contributed by atoms with Gasteiger partial charge in [0.25, 0.3) is 0 Å². The lowest BCUT2D eigenvalue weighted by Gasteiger charge is -2.05. The van der Waals surface area contributed by atoms with E-state index in [1.54, 1.807) is 30.6 Å². The fourth-order valence-corrected chi connectivity index (χ4v) is 3.11. The van der Waals surface area contributed by atoms with Gasteiger partial charge in [-0.15, -0.1) is 0 Å². The van der Waals surface area contributed by atoms with Gasteiger partial charge < -0.3 is 4.98 Å². The summed E-state index contributed by atoms with van der Waals surface area (Å²) in [6, 6.07) is 12.0. The first-order valence-corrected chi connectivity index (χ1v) is 8.32. The van der Waals surface area contributed by atoms with Gasteiger partial charge in [0.2, 0.25) is 0 Å². The van der Waals surface area contributed by atoms with Crippen LogP contribution in [-0.2, 0) is 6.54 Å². The Balaban J connectivity index is 1.67. The second-order valence-corrected chi connectivity index (χ2v) is 6.11. The van der Waals surface area contributed by atoms with E-state index in [0.717, 1.165) is 5.65 Å². The van der Waals surface area contributed by atoms with Crippen LogP contribution in [-0.4, -0.2) is 28.9 Å². The topological polar surface area (TPSA) is 80.9 Å². The van der Waals surface area contributed by atoms with E-state index in [9.17, 15) is 9.18 Å². The Morgan fingerprint density at radius 2 is 1.89 bits per heavy atom. The first kappa shape index (κ1) is 15.4. The molecule has 0 saturated heterocycles. The number of fused-ring (bicyclic) bond motifs is 2. The molecule has 4 heterocycles. The van der Waals surface area contributed by atoms with Gasteiger partial charge in [0.1, 0.15) is 22.7 Å². The molecule has 1 N–H and O–H groups in total. The van der Waals surface area contributed by atoms with E-state index in [2.05, 4.69) is 19.9 Å². The van der Waals surface area contributed by atoms with Crippen LogP contribution in [0.3, 0.4) is 0 Å². The normalized spacial score (nSPS) is 11.4. The summed E-state index contributed by atoms with van der Waals surface area (Å²) in [6.45, 7) is 0.0785. The van der Waals surface area contributed by atoms with E-state index in [1.807, 2.05) is 28.8 Å². The minimum absolute atomic E-state index is 0.0785. The van der Waals surface area contributed by atoms with Gasteiger partial charge in [-0.3, -0.25) is 8.97 Å². The minimum Gasteiger partial charge on any atom is -0.303 e. The van der Waals surface area contributed by atoms with Crippen LogP contribution < -0.4 is 5.69 Å². The first-order chi connectivity index (χ1) is 13.2. The van der Waals surface area contributed by atoms with Crippen LogP contribution in [0.1, 0.15) is 5.56 Å². The van der Waals surface area contributed by atoms with Crippen LogP contribution in [0, 0.1) is 5.82 Å². The summed E-state index contributed by atoms with van der Waals surface area (Å²) in [5, 5.41) is 0. The van der Waals surface area contributed by atoms with Crippen LogP contribution in [0.5, 0.6) is 0 Å². The number of pyridine rings is 1. The number of rotatable bonds is 3. The van der Waals surface area contributed by atoms with E-state index < -0.39 is 0 Å². The summed E-state index contributed by atoms with van der Waals surface area (Å²) in [5.74, 6) is 0.0669. The molecule has 0 unspecified atom stereocenters. The smallest absolute Gasteiger partial charge is 0.303 e.